The first-order valence-electron chi connectivity index (χ1n) is 8.13. The van der Waals surface area contributed by atoms with Crippen LogP contribution in [-0.2, 0) is 12.4 Å². The summed E-state index contributed by atoms with van der Waals surface area (Å²) in [6, 6.07) is 6.59. The Morgan fingerprint density at radius 3 is 2.28 bits per heavy atom. The zero-order chi connectivity index (χ0) is 21.6. The van der Waals surface area contributed by atoms with Crippen LogP contribution < -0.4 is 11.1 Å². The molecule has 0 amide bonds. The molecule has 0 aliphatic rings. The van der Waals surface area contributed by atoms with E-state index in [1.54, 1.807) is 0 Å². The second-order valence-corrected chi connectivity index (χ2v) is 7.22. The van der Waals surface area contributed by atoms with Crippen molar-refractivity contribution in [1.82, 2.24) is 9.97 Å². The molecule has 0 aliphatic carbocycles. The summed E-state index contributed by atoms with van der Waals surface area (Å²) >= 11 is 3.23. The first-order valence-corrected chi connectivity index (χ1v) is 8.92. The molecule has 3 N–H and O–H groups in total. The van der Waals surface area contributed by atoms with E-state index in [9.17, 15) is 26.3 Å². The van der Waals surface area contributed by atoms with Crippen molar-refractivity contribution in [2.24, 2.45) is 0 Å². The van der Waals surface area contributed by atoms with Gasteiger partial charge in [0, 0.05) is 15.5 Å². The topological polar surface area (TPSA) is 63.8 Å². The molecule has 1 heterocycles. The summed E-state index contributed by atoms with van der Waals surface area (Å²) in [6.45, 7) is 1.49. The van der Waals surface area contributed by atoms with Crippen LogP contribution in [0.1, 0.15) is 29.9 Å². The molecular weight excluding hydrogens is 466 g/mol. The Hall–Kier alpha value is -2.56. The molecule has 1 atom stereocenters. The Morgan fingerprint density at radius 2 is 1.66 bits per heavy atom. The van der Waals surface area contributed by atoms with Crippen molar-refractivity contribution in [1.29, 1.82) is 0 Å². The second kappa shape index (κ2) is 7.36. The van der Waals surface area contributed by atoms with E-state index in [1.165, 1.54) is 31.2 Å². The number of rotatable bonds is 3. The van der Waals surface area contributed by atoms with Crippen molar-refractivity contribution >= 4 is 38.3 Å². The summed E-state index contributed by atoms with van der Waals surface area (Å²) in [7, 11) is 0. The van der Waals surface area contributed by atoms with E-state index in [-0.39, 0.29) is 28.0 Å². The number of benzene rings is 2. The number of hydrogen-bond donors (Lipinski definition) is 2. The van der Waals surface area contributed by atoms with Gasteiger partial charge in [0.2, 0.25) is 5.82 Å². The molecule has 0 radical (unpaired) electrons. The van der Waals surface area contributed by atoms with Gasteiger partial charge in [-0.15, -0.1) is 0 Å². The van der Waals surface area contributed by atoms with Gasteiger partial charge in [-0.1, -0.05) is 15.9 Å². The first-order chi connectivity index (χ1) is 13.3. The molecule has 2 aromatic carbocycles. The lowest BCUT2D eigenvalue weighted by atomic mass is 10.0. The van der Waals surface area contributed by atoms with Gasteiger partial charge in [0.15, 0.2) is 0 Å². The fourth-order valence-electron chi connectivity index (χ4n) is 2.72. The van der Waals surface area contributed by atoms with Crippen LogP contribution in [0.5, 0.6) is 0 Å². The minimum atomic E-state index is -4.79. The normalized spacial score (nSPS) is 13.5. The highest BCUT2D eigenvalue weighted by atomic mass is 79.9. The Labute approximate surface area is 169 Å². The molecule has 0 bridgehead atoms. The molecule has 1 aromatic heterocycles. The van der Waals surface area contributed by atoms with Gasteiger partial charge in [-0.25, -0.2) is 9.97 Å². The van der Waals surface area contributed by atoms with Crippen LogP contribution in [0.25, 0.3) is 10.9 Å². The SMILES string of the molecule is CC(Nc1nc(C(F)(F)F)nc2ccc(Br)cc12)c1cc(N)cc(C(F)(F)F)c1. The number of halogens is 7. The van der Waals surface area contributed by atoms with Crippen LogP contribution in [-0.4, -0.2) is 9.97 Å². The number of anilines is 2. The molecule has 0 aliphatic heterocycles. The standard InChI is InChI=1S/C18H13BrF6N4/c1-8(9-4-10(17(20,21)22)6-12(26)5-9)27-15-13-7-11(19)2-3-14(13)28-16(29-15)18(23,24)25/h2-8H,26H2,1H3,(H,27,28,29). The smallest absolute Gasteiger partial charge is 0.399 e. The van der Waals surface area contributed by atoms with Gasteiger partial charge in [-0.05, 0) is 48.9 Å². The monoisotopic (exact) mass is 478 g/mol. The number of hydrogen-bond acceptors (Lipinski definition) is 4. The largest absolute Gasteiger partial charge is 0.451 e. The number of fused-ring (bicyclic) bond motifs is 1. The van der Waals surface area contributed by atoms with Crippen molar-refractivity contribution in [2.75, 3.05) is 11.1 Å². The fourth-order valence-corrected chi connectivity index (χ4v) is 3.08. The average molecular weight is 479 g/mol. The maximum atomic E-state index is 13.2. The predicted molar refractivity (Wildman–Crippen MR) is 100 cm³/mol. The summed E-state index contributed by atoms with van der Waals surface area (Å²) in [6.07, 6.45) is -9.40. The Bertz CT molecular complexity index is 1060. The lowest BCUT2D eigenvalue weighted by molar-refractivity contribution is -0.144. The van der Waals surface area contributed by atoms with Gasteiger partial charge in [-0.3, -0.25) is 0 Å². The second-order valence-electron chi connectivity index (χ2n) is 6.31. The maximum Gasteiger partial charge on any atom is 0.451 e. The van der Waals surface area contributed by atoms with Crippen molar-refractivity contribution in [2.45, 2.75) is 25.3 Å². The first kappa shape index (κ1) is 21.2. The number of nitrogens with zero attached hydrogens (tertiary/aromatic N) is 2. The zero-order valence-electron chi connectivity index (χ0n) is 14.7. The molecule has 1 unspecified atom stereocenters. The van der Waals surface area contributed by atoms with E-state index in [0.717, 1.165) is 12.1 Å². The van der Waals surface area contributed by atoms with Crippen LogP contribution in [0.15, 0.2) is 40.9 Å². The summed E-state index contributed by atoms with van der Waals surface area (Å²) in [4.78, 5) is 7.07. The minimum Gasteiger partial charge on any atom is -0.399 e. The minimum absolute atomic E-state index is 0.0359. The van der Waals surface area contributed by atoms with Gasteiger partial charge >= 0.3 is 12.4 Å². The molecule has 3 rings (SSSR count). The third kappa shape index (κ3) is 4.72. The fraction of sp³-hybridized carbons (Fsp3) is 0.222. The van der Waals surface area contributed by atoms with Crippen molar-refractivity contribution in [3.05, 3.63) is 57.8 Å². The molecule has 3 aromatic rings. The summed E-state index contributed by atoms with van der Waals surface area (Å²) in [5.74, 6) is -1.52. The Morgan fingerprint density at radius 1 is 0.966 bits per heavy atom. The van der Waals surface area contributed by atoms with E-state index in [2.05, 4.69) is 31.2 Å². The van der Waals surface area contributed by atoms with Crippen LogP contribution in [0, 0.1) is 0 Å². The third-order valence-corrected chi connectivity index (χ3v) is 4.56. The van der Waals surface area contributed by atoms with E-state index in [1.807, 2.05) is 0 Å². The molecule has 4 nitrogen and oxygen atoms in total. The summed E-state index contributed by atoms with van der Waals surface area (Å²) < 4.78 is 79.2. The van der Waals surface area contributed by atoms with E-state index < -0.39 is 29.8 Å². The number of nitrogens with one attached hydrogen (secondary N) is 1. The predicted octanol–water partition coefficient (Wildman–Crippen LogP) is 6.19. The van der Waals surface area contributed by atoms with Crippen molar-refractivity contribution in [3.8, 4) is 0 Å². The quantitative estimate of drug-likeness (QED) is 0.348. The van der Waals surface area contributed by atoms with Crippen LogP contribution in [0.2, 0.25) is 0 Å². The van der Waals surface area contributed by atoms with Gasteiger partial charge in [0.25, 0.3) is 0 Å². The summed E-state index contributed by atoms with van der Waals surface area (Å²) in [5.41, 5.74) is 4.68. The molecule has 11 heteroatoms. The van der Waals surface area contributed by atoms with Crippen LogP contribution in [0.4, 0.5) is 37.8 Å². The van der Waals surface area contributed by atoms with E-state index in [4.69, 9.17) is 5.73 Å². The Kier molecular flexibility index (Phi) is 5.37. The number of nitrogens with two attached hydrogens (primary N) is 1. The van der Waals surface area contributed by atoms with Gasteiger partial charge < -0.3 is 11.1 Å². The van der Waals surface area contributed by atoms with Gasteiger partial charge in [0.1, 0.15) is 5.82 Å². The molecule has 0 saturated heterocycles. The maximum absolute atomic E-state index is 13.2. The highest BCUT2D eigenvalue weighted by Gasteiger charge is 2.36. The molecule has 154 valence electrons. The number of nitrogen functional groups attached to an aromatic ring is 1. The molecular formula is C18H13BrF6N4. The van der Waals surface area contributed by atoms with Crippen molar-refractivity contribution in [3.63, 3.8) is 0 Å². The number of aromatic nitrogens is 2. The zero-order valence-corrected chi connectivity index (χ0v) is 16.2. The van der Waals surface area contributed by atoms with Crippen LogP contribution in [0.3, 0.4) is 0 Å². The molecule has 29 heavy (non-hydrogen) atoms. The number of alkyl halides is 6. The van der Waals surface area contributed by atoms with E-state index in [0.29, 0.717) is 4.47 Å². The van der Waals surface area contributed by atoms with E-state index >= 15 is 0 Å². The molecule has 0 spiro atoms. The average Bonchev–Trinajstić information content (AvgIpc) is 2.59. The highest BCUT2D eigenvalue weighted by molar-refractivity contribution is 9.10. The van der Waals surface area contributed by atoms with Gasteiger partial charge in [-0.2, -0.15) is 26.3 Å². The molecule has 0 fully saturated rings. The van der Waals surface area contributed by atoms with Crippen LogP contribution >= 0.6 is 15.9 Å². The third-order valence-electron chi connectivity index (χ3n) is 4.07. The highest BCUT2D eigenvalue weighted by Crippen LogP contribution is 2.35. The summed E-state index contributed by atoms with van der Waals surface area (Å²) in [5, 5.41) is 3.03. The van der Waals surface area contributed by atoms with Gasteiger partial charge in [0.05, 0.1) is 17.1 Å². The van der Waals surface area contributed by atoms with Crippen molar-refractivity contribution < 1.29 is 26.3 Å². The lowest BCUT2D eigenvalue weighted by Gasteiger charge is -2.19. The molecule has 0 saturated carbocycles. The Balaban J connectivity index is 2.07. The lowest BCUT2D eigenvalue weighted by Crippen LogP contribution is -2.16.